The lowest BCUT2D eigenvalue weighted by Crippen LogP contribution is -1.97. The number of rotatable bonds is 3. The van der Waals surface area contributed by atoms with Crippen molar-refractivity contribution >= 4 is 39.1 Å². The van der Waals surface area contributed by atoms with Crippen LogP contribution in [0.25, 0.3) is 0 Å². The van der Waals surface area contributed by atoms with Crippen LogP contribution in [0.3, 0.4) is 0 Å². The predicted molar refractivity (Wildman–Crippen MR) is 78.6 cm³/mol. The van der Waals surface area contributed by atoms with Gasteiger partial charge in [-0.2, -0.15) is 0 Å². The fraction of sp³-hybridized carbons (Fsp3) is 0.0769. The fourth-order valence-corrected chi connectivity index (χ4v) is 2.28. The van der Waals surface area contributed by atoms with Crippen molar-refractivity contribution in [2.75, 3.05) is 0 Å². The van der Waals surface area contributed by atoms with Gasteiger partial charge in [0.1, 0.15) is 11.5 Å². The topological polar surface area (TPSA) is 35.2 Å². The van der Waals surface area contributed by atoms with Crippen LogP contribution in [0.2, 0.25) is 10.0 Å². The molecule has 2 aromatic rings. The van der Waals surface area contributed by atoms with E-state index in [2.05, 4.69) is 15.9 Å². The summed E-state index contributed by atoms with van der Waals surface area (Å²) in [5.74, 6) is 1.19. The monoisotopic (exact) mass is 345 g/mol. The summed E-state index contributed by atoms with van der Waals surface area (Å²) in [6.45, 7) is 0.471. The molecule has 94 valence electrons. The highest BCUT2D eigenvalue weighted by atomic mass is 79.9. The lowest BCUT2D eigenvalue weighted by atomic mass is 10.2. The SMILES string of the molecule is NCc1ccc(Oc2cc(Cl)ccc2Cl)cc1Br. The zero-order chi connectivity index (χ0) is 13.1. The summed E-state index contributed by atoms with van der Waals surface area (Å²) in [7, 11) is 0. The molecule has 18 heavy (non-hydrogen) atoms. The lowest BCUT2D eigenvalue weighted by molar-refractivity contribution is 0.482. The number of nitrogens with two attached hydrogens (primary N) is 1. The minimum Gasteiger partial charge on any atom is -0.456 e. The van der Waals surface area contributed by atoms with Crippen LogP contribution in [0.1, 0.15) is 5.56 Å². The maximum atomic E-state index is 6.03. The molecule has 0 bridgehead atoms. The third-order valence-corrected chi connectivity index (χ3v) is 3.65. The lowest BCUT2D eigenvalue weighted by Gasteiger charge is -2.09. The number of ether oxygens (including phenoxy) is 1. The molecule has 0 amide bonds. The summed E-state index contributed by atoms with van der Waals surface area (Å²) in [5, 5.41) is 1.09. The van der Waals surface area contributed by atoms with Gasteiger partial charge in [0.05, 0.1) is 5.02 Å². The maximum absolute atomic E-state index is 6.03. The molecule has 2 aromatic carbocycles. The number of benzene rings is 2. The van der Waals surface area contributed by atoms with Crippen LogP contribution in [-0.4, -0.2) is 0 Å². The van der Waals surface area contributed by atoms with E-state index >= 15 is 0 Å². The van der Waals surface area contributed by atoms with Crippen molar-refractivity contribution in [3.63, 3.8) is 0 Å². The van der Waals surface area contributed by atoms with Gasteiger partial charge in [-0.1, -0.05) is 45.2 Å². The molecule has 0 aliphatic rings. The molecular weight excluding hydrogens is 337 g/mol. The quantitative estimate of drug-likeness (QED) is 0.848. The van der Waals surface area contributed by atoms with Gasteiger partial charge in [0.15, 0.2) is 0 Å². The second-order valence-corrected chi connectivity index (χ2v) is 5.33. The van der Waals surface area contributed by atoms with E-state index in [1.165, 1.54) is 0 Å². The van der Waals surface area contributed by atoms with Gasteiger partial charge in [0, 0.05) is 22.1 Å². The third kappa shape index (κ3) is 3.18. The zero-order valence-electron chi connectivity index (χ0n) is 9.29. The molecule has 5 heteroatoms. The average Bonchev–Trinajstić information content (AvgIpc) is 2.34. The Kier molecular flexibility index (Phi) is 4.51. The summed E-state index contributed by atoms with van der Waals surface area (Å²) in [6, 6.07) is 10.7. The van der Waals surface area contributed by atoms with Crippen molar-refractivity contribution in [2.45, 2.75) is 6.54 Å². The summed E-state index contributed by atoms with van der Waals surface area (Å²) in [6.07, 6.45) is 0. The van der Waals surface area contributed by atoms with Crippen LogP contribution >= 0.6 is 39.1 Å². The predicted octanol–water partition coefficient (Wildman–Crippen LogP) is 5.01. The Bertz CT molecular complexity index is 575. The van der Waals surface area contributed by atoms with Crippen molar-refractivity contribution in [3.05, 3.63) is 56.5 Å². The van der Waals surface area contributed by atoms with Gasteiger partial charge in [0.2, 0.25) is 0 Å². The highest BCUT2D eigenvalue weighted by molar-refractivity contribution is 9.10. The molecule has 0 unspecified atom stereocenters. The molecule has 0 fully saturated rings. The number of hydrogen-bond acceptors (Lipinski definition) is 2. The Labute approximate surface area is 124 Å². The Hall–Kier alpha value is -0.740. The van der Waals surface area contributed by atoms with Crippen molar-refractivity contribution < 1.29 is 4.74 Å². The summed E-state index contributed by atoms with van der Waals surface area (Å²) in [5.41, 5.74) is 6.60. The summed E-state index contributed by atoms with van der Waals surface area (Å²) in [4.78, 5) is 0. The van der Waals surface area contributed by atoms with Crippen LogP contribution < -0.4 is 10.5 Å². The van der Waals surface area contributed by atoms with E-state index < -0.39 is 0 Å². The molecule has 0 aromatic heterocycles. The molecule has 2 N–H and O–H groups in total. The molecule has 0 saturated carbocycles. The Morgan fingerprint density at radius 1 is 1.11 bits per heavy atom. The van der Waals surface area contributed by atoms with Crippen LogP contribution in [0.4, 0.5) is 0 Å². The molecule has 2 nitrogen and oxygen atoms in total. The van der Waals surface area contributed by atoms with Crippen molar-refractivity contribution in [3.8, 4) is 11.5 Å². The summed E-state index contributed by atoms with van der Waals surface area (Å²) >= 11 is 15.4. The van der Waals surface area contributed by atoms with Gasteiger partial charge in [-0.3, -0.25) is 0 Å². The standard InChI is InChI=1S/C13H10BrCl2NO/c14-11-6-10(3-1-8(11)7-17)18-13-5-9(15)2-4-12(13)16/h1-6H,7,17H2. The largest absolute Gasteiger partial charge is 0.456 e. The molecule has 0 atom stereocenters. The summed E-state index contributed by atoms with van der Waals surface area (Å²) < 4.78 is 6.59. The normalized spacial score (nSPS) is 10.4. The Morgan fingerprint density at radius 2 is 1.89 bits per heavy atom. The fourth-order valence-electron chi connectivity index (χ4n) is 1.44. The number of hydrogen-bond donors (Lipinski definition) is 1. The second-order valence-electron chi connectivity index (χ2n) is 3.63. The maximum Gasteiger partial charge on any atom is 0.147 e. The first kappa shape index (κ1) is 13.7. The highest BCUT2D eigenvalue weighted by Crippen LogP contribution is 2.33. The highest BCUT2D eigenvalue weighted by Gasteiger charge is 2.06. The zero-order valence-corrected chi connectivity index (χ0v) is 12.4. The molecule has 0 spiro atoms. The minimum atomic E-state index is 0.471. The van der Waals surface area contributed by atoms with E-state index in [4.69, 9.17) is 33.7 Å². The molecule has 0 aliphatic carbocycles. The van der Waals surface area contributed by atoms with Gasteiger partial charge < -0.3 is 10.5 Å². The molecule has 0 saturated heterocycles. The Morgan fingerprint density at radius 3 is 2.56 bits per heavy atom. The van der Waals surface area contributed by atoms with Gasteiger partial charge in [-0.05, 0) is 29.8 Å². The smallest absolute Gasteiger partial charge is 0.147 e. The van der Waals surface area contributed by atoms with Gasteiger partial charge in [-0.25, -0.2) is 0 Å². The van der Waals surface area contributed by atoms with Gasteiger partial charge in [-0.15, -0.1) is 0 Å². The second kappa shape index (κ2) is 5.93. The molecule has 2 rings (SSSR count). The van der Waals surface area contributed by atoms with Crippen molar-refractivity contribution in [1.82, 2.24) is 0 Å². The minimum absolute atomic E-state index is 0.471. The first-order valence-electron chi connectivity index (χ1n) is 5.21. The van der Waals surface area contributed by atoms with Crippen LogP contribution in [0.15, 0.2) is 40.9 Å². The van der Waals surface area contributed by atoms with E-state index in [0.29, 0.717) is 28.1 Å². The van der Waals surface area contributed by atoms with E-state index in [1.54, 1.807) is 18.2 Å². The van der Waals surface area contributed by atoms with Crippen LogP contribution in [0, 0.1) is 0 Å². The molecular formula is C13H10BrCl2NO. The van der Waals surface area contributed by atoms with E-state index in [-0.39, 0.29) is 0 Å². The first-order valence-corrected chi connectivity index (χ1v) is 6.76. The van der Waals surface area contributed by atoms with E-state index in [9.17, 15) is 0 Å². The van der Waals surface area contributed by atoms with Gasteiger partial charge >= 0.3 is 0 Å². The molecule has 0 aliphatic heterocycles. The number of halogens is 3. The molecule has 0 heterocycles. The third-order valence-electron chi connectivity index (χ3n) is 2.37. The van der Waals surface area contributed by atoms with Crippen LogP contribution in [-0.2, 0) is 6.54 Å². The first-order chi connectivity index (χ1) is 8.60. The van der Waals surface area contributed by atoms with Gasteiger partial charge in [0.25, 0.3) is 0 Å². The Balaban J connectivity index is 2.28. The van der Waals surface area contributed by atoms with Crippen LogP contribution in [0.5, 0.6) is 11.5 Å². The van der Waals surface area contributed by atoms with E-state index in [1.807, 2.05) is 18.2 Å². The van der Waals surface area contributed by atoms with Crippen molar-refractivity contribution in [2.24, 2.45) is 5.73 Å². The van der Waals surface area contributed by atoms with Crippen molar-refractivity contribution in [1.29, 1.82) is 0 Å². The average molecular weight is 347 g/mol. The molecule has 0 radical (unpaired) electrons. The van der Waals surface area contributed by atoms with E-state index in [0.717, 1.165) is 10.0 Å².